The van der Waals surface area contributed by atoms with Crippen LogP contribution in [0.5, 0.6) is 0 Å². The van der Waals surface area contributed by atoms with Gasteiger partial charge in [-0.15, -0.1) is 0 Å². The van der Waals surface area contributed by atoms with Gasteiger partial charge in [0.25, 0.3) is 11.8 Å². The third kappa shape index (κ3) is 5.37. The first-order chi connectivity index (χ1) is 17.8. The molecule has 1 fully saturated rings. The van der Waals surface area contributed by atoms with Gasteiger partial charge in [0.05, 0.1) is 11.9 Å². The minimum absolute atomic E-state index is 0.0495. The summed E-state index contributed by atoms with van der Waals surface area (Å²) < 4.78 is 51.8. The largest absolute Gasteiger partial charge is 0.455 e. The molecule has 8 nitrogen and oxygen atoms in total. The van der Waals surface area contributed by atoms with E-state index in [9.17, 15) is 22.8 Å². The van der Waals surface area contributed by atoms with Crippen LogP contribution >= 0.6 is 0 Å². The van der Waals surface area contributed by atoms with E-state index >= 15 is 0 Å². The van der Waals surface area contributed by atoms with E-state index in [-0.39, 0.29) is 22.7 Å². The molecule has 0 atom stereocenters. The van der Waals surface area contributed by atoms with Crippen LogP contribution in [0.1, 0.15) is 32.4 Å². The van der Waals surface area contributed by atoms with Gasteiger partial charge in [0.15, 0.2) is 17.2 Å². The summed E-state index contributed by atoms with van der Waals surface area (Å²) in [5.74, 6) is -3.97. The predicted molar refractivity (Wildman–Crippen MR) is 128 cm³/mol. The number of carbonyl (C=O) groups is 2. The van der Waals surface area contributed by atoms with Crippen molar-refractivity contribution in [3.05, 3.63) is 88.8 Å². The van der Waals surface area contributed by atoms with Crippen LogP contribution in [0.2, 0.25) is 0 Å². The summed E-state index contributed by atoms with van der Waals surface area (Å²) in [4.78, 5) is 29.1. The number of anilines is 1. The van der Waals surface area contributed by atoms with Gasteiger partial charge in [-0.1, -0.05) is 12.1 Å². The molecule has 0 aliphatic carbocycles. The van der Waals surface area contributed by atoms with Crippen LogP contribution in [0.4, 0.5) is 18.9 Å². The van der Waals surface area contributed by atoms with E-state index < -0.39 is 34.8 Å². The molecule has 0 saturated carbocycles. The Hall–Kier alpha value is -4.09. The Morgan fingerprint density at radius 1 is 0.865 bits per heavy atom. The Morgan fingerprint density at radius 3 is 2.22 bits per heavy atom. The van der Waals surface area contributed by atoms with E-state index in [1.54, 1.807) is 18.2 Å². The number of carbonyl (C=O) groups excluding carboxylic acids is 2. The van der Waals surface area contributed by atoms with Crippen molar-refractivity contribution in [2.75, 3.05) is 31.5 Å². The Labute approximate surface area is 209 Å². The molecule has 2 aromatic carbocycles. The fourth-order valence-corrected chi connectivity index (χ4v) is 4.36. The second-order valence-electron chi connectivity index (χ2n) is 8.83. The smallest absolute Gasteiger partial charge is 0.291 e. The van der Waals surface area contributed by atoms with Gasteiger partial charge in [0.2, 0.25) is 5.76 Å². The molecular weight excluding hydrogens is 489 g/mol. The zero-order valence-electron chi connectivity index (χ0n) is 19.6. The number of amides is 2. The zero-order chi connectivity index (χ0) is 26.1. The van der Waals surface area contributed by atoms with Crippen molar-refractivity contribution >= 4 is 28.5 Å². The summed E-state index contributed by atoms with van der Waals surface area (Å²) in [6.45, 7) is 4.43. The van der Waals surface area contributed by atoms with E-state index in [1.807, 2.05) is 0 Å². The molecule has 1 aliphatic heterocycles. The van der Waals surface area contributed by atoms with Gasteiger partial charge in [-0.3, -0.25) is 19.4 Å². The molecule has 1 saturated heterocycles. The van der Waals surface area contributed by atoms with Crippen LogP contribution < -0.4 is 11.1 Å². The van der Waals surface area contributed by atoms with Gasteiger partial charge < -0.3 is 19.9 Å². The van der Waals surface area contributed by atoms with Gasteiger partial charge in [-0.05, 0) is 35.9 Å². The van der Waals surface area contributed by atoms with Gasteiger partial charge in [0.1, 0.15) is 23.1 Å². The summed E-state index contributed by atoms with van der Waals surface area (Å²) in [7, 11) is 0. The maximum absolute atomic E-state index is 14.1. The average Bonchev–Trinajstić information content (AvgIpc) is 3.47. The monoisotopic (exact) mass is 512 g/mol. The van der Waals surface area contributed by atoms with Gasteiger partial charge in [-0.25, -0.2) is 13.2 Å². The zero-order valence-corrected chi connectivity index (χ0v) is 19.6. The Kier molecular flexibility index (Phi) is 6.72. The molecule has 11 heteroatoms. The number of fused-ring (bicyclic) bond motifs is 1. The standard InChI is InChI=1S/C26H23F3N4O4/c27-16-3-1-15(2-4-16)13-32-7-9-33(10-8-32)14-18-5-6-21(36-18)26(35)31-22-19-11-17(28)12-20(29)23(19)37-24(22)25(30)34/h1-6,11-12H,7-10,13-14H2,(H2,30,34)(H,31,35). The first-order valence-corrected chi connectivity index (χ1v) is 11.6. The van der Waals surface area contributed by atoms with E-state index in [2.05, 4.69) is 15.1 Å². The van der Waals surface area contributed by atoms with Crippen LogP contribution in [0.15, 0.2) is 57.4 Å². The van der Waals surface area contributed by atoms with Gasteiger partial charge in [0, 0.05) is 38.8 Å². The van der Waals surface area contributed by atoms with Crippen molar-refractivity contribution in [3.8, 4) is 0 Å². The highest BCUT2D eigenvalue weighted by Gasteiger charge is 2.25. The molecule has 0 radical (unpaired) electrons. The Morgan fingerprint density at radius 2 is 1.54 bits per heavy atom. The number of hydrogen-bond donors (Lipinski definition) is 2. The SMILES string of the molecule is NC(=O)c1oc2c(F)cc(F)cc2c1NC(=O)c1ccc(CN2CCN(Cc3ccc(F)cc3)CC2)o1. The predicted octanol–water partition coefficient (Wildman–Crippen LogP) is 4.11. The fourth-order valence-electron chi connectivity index (χ4n) is 4.36. The topological polar surface area (TPSA) is 105 Å². The summed E-state index contributed by atoms with van der Waals surface area (Å²) in [6.07, 6.45) is 0. The van der Waals surface area contributed by atoms with Crippen LogP contribution in [0.25, 0.3) is 11.0 Å². The highest BCUT2D eigenvalue weighted by molar-refractivity contribution is 6.13. The number of piperazine rings is 1. The van der Waals surface area contributed by atoms with E-state index in [4.69, 9.17) is 14.6 Å². The highest BCUT2D eigenvalue weighted by atomic mass is 19.1. The molecule has 3 heterocycles. The lowest BCUT2D eigenvalue weighted by Gasteiger charge is -2.34. The van der Waals surface area contributed by atoms with E-state index in [0.29, 0.717) is 18.4 Å². The highest BCUT2D eigenvalue weighted by Crippen LogP contribution is 2.33. The van der Waals surface area contributed by atoms with Crippen molar-refractivity contribution in [3.63, 3.8) is 0 Å². The molecule has 2 aromatic heterocycles. The van der Waals surface area contributed by atoms with Gasteiger partial charge >= 0.3 is 0 Å². The molecule has 2 amide bonds. The number of nitrogens with one attached hydrogen (secondary N) is 1. The second-order valence-corrected chi connectivity index (χ2v) is 8.83. The second kappa shape index (κ2) is 10.1. The minimum atomic E-state index is -1.05. The number of primary amides is 1. The molecule has 0 unspecified atom stereocenters. The fraction of sp³-hybridized carbons (Fsp3) is 0.231. The van der Waals surface area contributed by atoms with Crippen LogP contribution in [-0.4, -0.2) is 47.8 Å². The van der Waals surface area contributed by atoms with Gasteiger partial charge in [-0.2, -0.15) is 0 Å². The lowest BCUT2D eigenvalue weighted by molar-refractivity contribution is 0.0976. The van der Waals surface area contributed by atoms with E-state index in [1.165, 1.54) is 18.2 Å². The average molecular weight is 512 g/mol. The first-order valence-electron chi connectivity index (χ1n) is 11.6. The Balaban J connectivity index is 1.22. The number of benzene rings is 2. The molecule has 192 valence electrons. The number of halogens is 3. The number of nitrogens with zero attached hydrogens (tertiary/aromatic N) is 2. The summed E-state index contributed by atoms with van der Waals surface area (Å²) >= 11 is 0. The third-order valence-electron chi connectivity index (χ3n) is 6.22. The summed E-state index contributed by atoms with van der Waals surface area (Å²) in [6, 6.07) is 11.2. The minimum Gasteiger partial charge on any atom is -0.455 e. The van der Waals surface area contributed by atoms with Crippen molar-refractivity contribution < 1.29 is 31.6 Å². The lowest BCUT2D eigenvalue weighted by atomic mass is 10.2. The van der Waals surface area contributed by atoms with Crippen molar-refractivity contribution in [2.45, 2.75) is 13.1 Å². The van der Waals surface area contributed by atoms with Crippen LogP contribution in [0.3, 0.4) is 0 Å². The Bertz CT molecular complexity index is 1460. The maximum Gasteiger partial charge on any atom is 0.291 e. The number of hydrogen-bond acceptors (Lipinski definition) is 6. The lowest BCUT2D eigenvalue weighted by Crippen LogP contribution is -2.45. The molecule has 3 N–H and O–H groups in total. The molecule has 5 rings (SSSR count). The summed E-state index contributed by atoms with van der Waals surface area (Å²) in [5, 5.41) is 2.30. The third-order valence-corrected chi connectivity index (χ3v) is 6.22. The molecule has 0 spiro atoms. The number of furan rings is 2. The molecular formula is C26H23F3N4O4. The molecule has 37 heavy (non-hydrogen) atoms. The molecule has 1 aliphatic rings. The quantitative estimate of drug-likeness (QED) is 0.386. The van der Waals surface area contributed by atoms with E-state index in [0.717, 1.165) is 44.4 Å². The van der Waals surface area contributed by atoms with Crippen LogP contribution in [0, 0.1) is 17.5 Å². The normalized spacial score (nSPS) is 14.8. The van der Waals surface area contributed by atoms with Crippen LogP contribution in [-0.2, 0) is 13.1 Å². The number of nitrogens with two attached hydrogens (primary N) is 1. The molecule has 4 aromatic rings. The molecule has 0 bridgehead atoms. The van der Waals surface area contributed by atoms with Crippen molar-refractivity contribution in [1.82, 2.24) is 9.80 Å². The van der Waals surface area contributed by atoms with Crippen molar-refractivity contribution in [2.24, 2.45) is 5.73 Å². The van der Waals surface area contributed by atoms with Crippen molar-refractivity contribution in [1.29, 1.82) is 0 Å². The maximum atomic E-state index is 14.1. The summed E-state index contributed by atoms with van der Waals surface area (Å²) in [5.41, 5.74) is 5.71. The number of rotatable bonds is 7. The first kappa shape index (κ1) is 24.6.